The van der Waals surface area contributed by atoms with E-state index in [9.17, 15) is 51.1 Å². The summed E-state index contributed by atoms with van der Waals surface area (Å²) in [7, 11) is 1.48. The lowest BCUT2D eigenvalue weighted by atomic mass is 9.96. The van der Waals surface area contributed by atoms with Crippen molar-refractivity contribution in [3.8, 4) is 11.5 Å². The molecule has 15 atom stereocenters. The maximum atomic E-state index is 10.8. The van der Waals surface area contributed by atoms with E-state index in [0.717, 1.165) is 0 Å². The van der Waals surface area contributed by atoms with Gasteiger partial charge in [-0.25, -0.2) is 0 Å². The van der Waals surface area contributed by atoms with Crippen molar-refractivity contribution in [3.63, 3.8) is 0 Å². The molecule has 3 aliphatic heterocycles. The van der Waals surface area contributed by atoms with Gasteiger partial charge < -0.3 is 84.2 Å². The second-order valence-electron chi connectivity index (χ2n) is 10.1. The minimum absolute atomic E-state index is 0.258. The first-order chi connectivity index (χ1) is 20.0. The van der Waals surface area contributed by atoms with Crippen molar-refractivity contribution in [1.82, 2.24) is 0 Å². The predicted octanol–water partition coefficient (Wildman–Crippen LogP) is -5.48. The Bertz CT molecular complexity index is 963. The first kappa shape index (κ1) is 33.1. The first-order valence-electron chi connectivity index (χ1n) is 13.2. The molecule has 0 radical (unpaired) electrons. The third kappa shape index (κ3) is 6.80. The average molecular weight is 611 g/mol. The van der Waals surface area contributed by atoms with Crippen LogP contribution in [0.4, 0.5) is 0 Å². The Kier molecular flexibility index (Phi) is 11.3. The van der Waals surface area contributed by atoms with Crippen LogP contribution in [0.3, 0.4) is 0 Å². The van der Waals surface area contributed by atoms with Crippen LogP contribution in [0.5, 0.6) is 11.5 Å². The molecule has 0 amide bonds. The van der Waals surface area contributed by atoms with Gasteiger partial charge >= 0.3 is 0 Å². The lowest BCUT2D eigenvalue weighted by Gasteiger charge is -2.48. The van der Waals surface area contributed by atoms with Crippen LogP contribution in [0.15, 0.2) is 24.3 Å². The van der Waals surface area contributed by atoms with Gasteiger partial charge in [0.2, 0.25) is 6.29 Å². The fourth-order valence-electron chi connectivity index (χ4n) is 4.93. The Labute approximate surface area is 239 Å². The van der Waals surface area contributed by atoms with Gasteiger partial charge in [0.1, 0.15) is 84.7 Å². The highest BCUT2D eigenvalue weighted by Crippen LogP contribution is 2.33. The van der Waals surface area contributed by atoms with Crippen LogP contribution in [0.1, 0.15) is 0 Å². The van der Waals surface area contributed by atoms with Gasteiger partial charge in [0.05, 0.1) is 26.9 Å². The highest BCUT2D eigenvalue weighted by molar-refractivity contribution is 5.31. The molecule has 3 heterocycles. The summed E-state index contributed by atoms with van der Waals surface area (Å²) < 4.78 is 38.2. The molecule has 0 aliphatic carbocycles. The number of aliphatic hydroxyl groups excluding tert-OH is 10. The van der Waals surface area contributed by atoms with Crippen molar-refractivity contribution in [3.05, 3.63) is 24.3 Å². The van der Waals surface area contributed by atoms with E-state index in [1.54, 1.807) is 12.1 Å². The highest BCUT2D eigenvalue weighted by atomic mass is 16.8. The van der Waals surface area contributed by atoms with Crippen molar-refractivity contribution >= 4 is 0 Å². The SMILES string of the molecule is COc1ccc(O[C@@H]2O[C@H](CO)[C@H](O[C@@H]3O[C@H](CO)[C@H](O[C@@H]4O[C@H](CO)[C@H](O)[C@H](O)[C@H]4O)[C@H](O)[C@H]3O)[C@H](O)[C@H]2O)cc1. The molecule has 4 rings (SSSR count). The Morgan fingerprint density at radius 3 is 1.40 bits per heavy atom. The second-order valence-corrected chi connectivity index (χ2v) is 10.1. The van der Waals surface area contributed by atoms with E-state index < -0.39 is 112 Å². The van der Waals surface area contributed by atoms with Crippen LogP contribution in [-0.4, -0.2) is 170 Å². The van der Waals surface area contributed by atoms with Crippen LogP contribution in [0.25, 0.3) is 0 Å². The third-order valence-electron chi connectivity index (χ3n) is 7.38. The van der Waals surface area contributed by atoms with E-state index in [4.69, 9.17) is 33.2 Å². The smallest absolute Gasteiger partial charge is 0.229 e. The fraction of sp³-hybridized carbons (Fsp3) is 0.760. The molecule has 3 fully saturated rings. The van der Waals surface area contributed by atoms with E-state index in [-0.39, 0.29) is 5.75 Å². The Hall–Kier alpha value is -1.78. The van der Waals surface area contributed by atoms with E-state index in [1.165, 1.54) is 19.2 Å². The quantitative estimate of drug-likeness (QED) is 0.118. The molecule has 17 nitrogen and oxygen atoms in total. The number of rotatable bonds is 10. The predicted molar refractivity (Wildman–Crippen MR) is 133 cm³/mol. The Morgan fingerprint density at radius 1 is 0.524 bits per heavy atom. The van der Waals surface area contributed by atoms with Crippen LogP contribution in [0, 0.1) is 0 Å². The maximum Gasteiger partial charge on any atom is 0.229 e. The van der Waals surface area contributed by atoms with Gasteiger partial charge in [-0.3, -0.25) is 0 Å². The zero-order chi connectivity index (χ0) is 30.7. The number of hydrogen-bond acceptors (Lipinski definition) is 17. The number of ether oxygens (including phenoxy) is 7. The highest BCUT2D eigenvalue weighted by Gasteiger charge is 2.53. The van der Waals surface area contributed by atoms with Crippen LogP contribution < -0.4 is 9.47 Å². The molecule has 1 aromatic carbocycles. The summed E-state index contributed by atoms with van der Waals surface area (Å²) in [6.07, 6.45) is -24.6. The summed E-state index contributed by atoms with van der Waals surface area (Å²) in [6, 6.07) is 6.25. The zero-order valence-electron chi connectivity index (χ0n) is 22.4. The molecular weight excluding hydrogens is 572 g/mol. The van der Waals surface area contributed by atoms with Gasteiger partial charge in [-0.2, -0.15) is 0 Å². The number of benzene rings is 1. The average Bonchev–Trinajstić information content (AvgIpc) is 3.00. The molecular formula is C25H38O17. The molecule has 0 aromatic heterocycles. The van der Waals surface area contributed by atoms with Crippen molar-refractivity contribution in [2.45, 2.75) is 92.1 Å². The molecule has 0 spiro atoms. The molecule has 0 bridgehead atoms. The van der Waals surface area contributed by atoms with Crippen LogP contribution in [0.2, 0.25) is 0 Å². The Balaban J connectivity index is 1.42. The molecule has 0 unspecified atom stereocenters. The van der Waals surface area contributed by atoms with Crippen molar-refractivity contribution in [1.29, 1.82) is 0 Å². The summed E-state index contributed by atoms with van der Waals surface area (Å²) in [5.41, 5.74) is 0. The fourth-order valence-corrected chi connectivity index (χ4v) is 4.93. The monoisotopic (exact) mass is 610 g/mol. The summed E-state index contributed by atoms with van der Waals surface area (Å²) in [4.78, 5) is 0. The van der Waals surface area contributed by atoms with Crippen molar-refractivity contribution < 1.29 is 84.2 Å². The first-order valence-corrected chi connectivity index (χ1v) is 13.2. The lowest BCUT2D eigenvalue weighted by Crippen LogP contribution is -2.66. The van der Waals surface area contributed by atoms with Crippen molar-refractivity contribution in [2.24, 2.45) is 0 Å². The largest absolute Gasteiger partial charge is 0.497 e. The molecule has 3 aliphatic rings. The van der Waals surface area contributed by atoms with E-state index in [0.29, 0.717) is 5.75 Å². The van der Waals surface area contributed by atoms with Gasteiger partial charge in [-0.05, 0) is 24.3 Å². The van der Waals surface area contributed by atoms with Crippen LogP contribution in [-0.2, 0) is 23.7 Å². The van der Waals surface area contributed by atoms with E-state index in [2.05, 4.69) is 0 Å². The number of methoxy groups -OCH3 is 1. The standard InChI is InChI=1S/C25H38O17/c1-36-9-2-4-10(5-3-9)37-23-19(34)16(31)21(12(7-27)39-23)42-25-20(35)17(32)22(13(8-28)40-25)41-24-18(33)15(30)14(29)11(6-26)38-24/h2-5,11-35H,6-8H2,1H3/t11-,12-,13-,14+,15+,16-,17-,18-,19-,20-,21+,22+,23-,24+,25+/m1/s1. The van der Waals surface area contributed by atoms with E-state index in [1.807, 2.05) is 0 Å². The molecule has 10 N–H and O–H groups in total. The molecule has 42 heavy (non-hydrogen) atoms. The molecule has 17 heteroatoms. The van der Waals surface area contributed by atoms with Gasteiger partial charge in [0.15, 0.2) is 12.6 Å². The summed E-state index contributed by atoms with van der Waals surface area (Å²) in [6.45, 7) is -2.29. The summed E-state index contributed by atoms with van der Waals surface area (Å²) >= 11 is 0. The summed E-state index contributed by atoms with van der Waals surface area (Å²) in [5, 5.41) is 102. The topological polar surface area (TPSA) is 267 Å². The second kappa shape index (κ2) is 14.3. The maximum absolute atomic E-state index is 10.8. The summed E-state index contributed by atoms with van der Waals surface area (Å²) in [5.74, 6) is 0.804. The molecule has 1 aromatic rings. The third-order valence-corrected chi connectivity index (χ3v) is 7.38. The van der Waals surface area contributed by atoms with Crippen molar-refractivity contribution in [2.75, 3.05) is 26.9 Å². The zero-order valence-corrected chi connectivity index (χ0v) is 22.4. The molecule has 0 saturated carbocycles. The normalized spacial score (nSPS) is 44.5. The molecule has 240 valence electrons. The van der Waals surface area contributed by atoms with Crippen LogP contribution >= 0.6 is 0 Å². The Morgan fingerprint density at radius 2 is 0.929 bits per heavy atom. The lowest BCUT2D eigenvalue weighted by molar-refractivity contribution is -0.376. The number of hydrogen-bond donors (Lipinski definition) is 10. The number of aliphatic hydroxyl groups is 10. The van der Waals surface area contributed by atoms with Gasteiger partial charge in [-0.15, -0.1) is 0 Å². The van der Waals surface area contributed by atoms with Gasteiger partial charge in [0.25, 0.3) is 0 Å². The minimum Gasteiger partial charge on any atom is -0.497 e. The van der Waals surface area contributed by atoms with Gasteiger partial charge in [0, 0.05) is 0 Å². The van der Waals surface area contributed by atoms with Gasteiger partial charge in [-0.1, -0.05) is 0 Å². The molecule has 3 saturated heterocycles. The van der Waals surface area contributed by atoms with E-state index >= 15 is 0 Å². The minimum atomic E-state index is -1.92.